The van der Waals surface area contributed by atoms with Crippen molar-refractivity contribution in [3.05, 3.63) is 29.8 Å². The van der Waals surface area contributed by atoms with Crippen molar-refractivity contribution in [1.82, 2.24) is 9.62 Å². The fourth-order valence-electron chi connectivity index (χ4n) is 3.99. The normalized spacial score (nSPS) is 20.9. The first-order valence-corrected chi connectivity index (χ1v) is 11.4. The van der Waals surface area contributed by atoms with Gasteiger partial charge in [-0.3, -0.25) is 4.79 Å². The molecule has 2 aliphatic rings. The standard InChI is InChI=1S/C20H30N2O3S/c23-20(21-17-11-5-2-1-3-6-12-17)18-13-7-8-14-19(18)26(24,25)22-15-9-4-10-16-22/h7-8,13-14,17H,1-6,9-12,15-16H2,(H,21,23). The van der Waals surface area contributed by atoms with Gasteiger partial charge in [0.2, 0.25) is 10.0 Å². The van der Waals surface area contributed by atoms with E-state index in [1.54, 1.807) is 24.3 Å². The van der Waals surface area contributed by atoms with Crippen molar-refractivity contribution >= 4 is 15.9 Å². The molecule has 1 aliphatic heterocycles. The van der Waals surface area contributed by atoms with Crippen LogP contribution in [0.4, 0.5) is 0 Å². The summed E-state index contributed by atoms with van der Waals surface area (Å²) in [5.41, 5.74) is 0.278. The maximum absolute atomic E-state index is 13.1. The van der Waals surface area contributed by atoms with Crippen molar-refractivity contribution in [3.63, 3.8) is 0 Å². The Balaban J connectivity index is 1.78. The van der Waals surface area contributed by atoms with Crippen LogP contribution < -0.4 is 5.32 Å². The highest BCUT2D eigenvalue weighted by molar-refractivity contribution is 7.89. The highest BCUT2D eigenvalue weighted by Gasteiger charge is 2.30. The molecule has 0 atom stereocenters. The van der Waals surface area contributed by atoms with E-state index in [4.69, 9.17) is 0 Å². The predicted molar refractivity (Wildman–Crippen MR) is 103 cm³/mol. The average molecular weight is 379 g/mol. The summed E-state index contributed by atoms with van der Waals surface area (Å²) < 4.78 is 27.6. The molecule has 5 nitrogen and oxygen atoms in total. The van der Waals surface area contributed by atoms with Crippen LogP contribution in [0.1, 0.15) is 74.6 Å². The van der Waals surface area contributed by atoms with Gasteiger partial charge in [0.1, 0.15) is 0 Å². The number of hydrogen-bond acceptors (Lipinski definition) is 3. The molecule has 3 rings (SSSR count). The van der Waals surface area contributed by atoms with E-state index in [-0.39, 0.29) is 22.4 Å². The van der Waals surface area contributed by atoms with E-state index >= 15 is 0 Å². The second kappa shape index (κ2) is 9.00. The SMILES string of the molecule is O=C(NC1CCCCCCC1)c1ccccc1S(=O)(=O)N1CCCCC1. The zero-order chi connectivity index (χ0) is 18.4. The lowest BCUT2D eigenvalue weighted by molar-refractivity contribution is 0.0927. The van der Waals surface area contributed by atoms with Gasteiger partial charge in [-0.15, -0.1) is 0 Å². The predicted octanol–water partition coefficient (Wildman–Crippen LogP) is 3.70. The van der Waals surface area contributed by atoms with Crippen LogP contribution in [0.25, 0.3) is 0 Å². The number of nitrogens with one attached hydrogen (secondary N) is 1. The third-order valence-corrected chi connectivity index (χ3v) is 7.46. The Morgan fingerprint density at radius 2 is 1.46 bits per heavy atom. The van der Waals surface area contributed by atoms with Gasteiger partial charge in [-0.2, -0.15) is 4.31 Å². The van der Waals surface area contributed by atoms with Crippen LogP contribution in [0.5, 0.6) is 0 Å². The number of piperidine rings is 1. The van der Waals surface area contributed by atoms with Gasteiger partial charge in [0.05, 0.1) is 10.5 Å². The first kappa shape index (κ1) is 19.4. The number of carbonyl (C=O) groups is 1. The van der Waals surface area contributed by atoms with Crippen LogP contribution >= 0.6 is 0 Å². The monoisotopic (exact) mass is 378 g/mol. The Labute approximate surface area is 157 Å². The van der Waals surface area contributed by atoms with Gasteiger partial charge < -0.3 is 5.32 Å². The molecule has 1 saturated heterocycles. The summed E-state index contributed by atoms with van der Waals surface area (Å²) in [7, 11) is -3.62. The number of benzene rings is 1. The van der Waals surface area contributed by atoms with E-state index in [2.05, 4.69) is 5.32 Å². The lowest BCUT2D eigenvalue weighted by atomic mass is 9.96. The molecule has 0 spiro atoms. The molecular weight excluding hydrogens is 348 g/mol. The third-order valence-electron chi connectivity index (χ3n) is 5.50. The van der Waals surface area contributed by atoms with Crippen molar-refractivity contribution in [2.45, 2.75) is 75.1 Å². The zero-order valence-electron chi connectivity index (χ0n) is 15.5. The van der Waals surface area contributed by atoms with Gasteiger partial charge in [0.25, 0.3) is 5.91 Å². The van der Waals surface area contributed by atoms with E-state index in [0.29, 0.717) is 13.1 Å². The van der Waals surface area contributed by atoms with Gasteiger partial charge in [-0.1, -0.05) is 50.7 Å². The minimum absolute atomic E-state index is 0.144. The molecule has 1 aliphatic carbocycles. The van der Waals surface area contributed by atoms with Crippen LogP contribution in [-0.2, 0) is 10.0 Å². The average Bonchev–Trinajstić information content (AvgIpc) is 2.64. The van der Waals surface area contributed by atoms with E-state index in [1.807, 2.05) is 0 Å². The fraction of sp³-hybridized carbons (Fsp3) is 0.650. The van der Waals surface area contributed by atoms with Gasteiger partial charge in [-0.25, -0.2) is 8.42 Å². The topological polar surface area (TPSA) is 66.5 Å². The molecule has 1 amide bonds. The Morgan fingerprint density at radius 3 is 2.15 bits per heavy atom. The molecule has 1 N–H and O–H groups in total. The molecule has 0 unspecified atom stereocenters. The summed E-state index contributed by atoms with van der Waals surface area (Å²) in [6.07, 6.45) is 10.7. The minimum Gasteiger partial charge on any atom is -0.349 e. The first-order valence-electron chi connectivity index (χ1n) is 9.99. The van der Waals surface area contributed by atoms with E-state index < -0.39 is 10.0 Å². The van der Waals surface area contributed by atoms with Crippen LogP contribution in [0.3, 0.4) is 0 Å². The van der Waals surface area contributed by atoms with E-state index in [9.17, 15) is 13.2 Å². The van der Waals surface area contributed by atoms with Crippen LogP contribution in [-0.4, -0.2) is 37.8 Å². The lowest BCUT2D eigenvalue weighted by Crippen LogP contribution is -2.39. The highest BCUT2D eigenvalue weighted by atomic mass is 32.2. The van der Waals surface area contributed by atoms with E-state index in [0.717, 1.165) is 44.9 Å². The van der Waals surface area contributed by atoms with Crippen molar-refractivity contribution in [3.8, 4) is 0 Å². The Bertz CT molecular complexity index is 704. The van der Waals surface area contributed by atoms with Gasteiger partial charge in [-0.05, 0) is 37.8 Å². The molecule has 1 heterocycles. The van der Waals surface area contributed by atoms with Gasteiger partial charge >= 0.3 is 0 Å². The molecule has 6 heteroatoms. The van der Waals surface area contributed by atoms with Crippen molar-refractivity contribution in [2.75, 3.05) is 13.1 Å². The molecule has 1 saturated carbocycles. The van der Waals surface area contributed by atoms with Crippen LogP contribution in [0, 0.1) is 0 Å². The van der Waals surface area contributed by atoms with Crippen molar-refractivity contribution < 1.29 is 13.2 Å². The van der Waals surface area contributed by atoms with Crippen molar-refractivity contribution in [2.24, 2.45) is 0 Å². The summed E-state index contributed by atoms with van der Waals surface area (Å²) in [6, 6.07) is 6.78. The molecule has 0 radical (unpaired) electrons. The molecule has 26 heavy (non-hydrogen) atoms. The zero-order valence-corrected chi connectivity index (χ0v) is 16.3. The van der Waals surface area contributed by atoms with E-state index in [1.165, 1.54) is 23.6 Å². The maximum Gasteiger partial charge on any atom is 0.252 e. The summed E-state index contributed by atoms with van der Waals surface area (Å²) >= 11 is 0. The quantitative estimate of drug-likeness (QED) is 0.869. The van der Waals surface area contributed by atoms with Crippen LogP contribution in [0.15, 0.2) is 29.2 Å². The summed E-state index contributed by atoms with van der Waals surface area (Å²) in [5, 5.41) is 3.10. The summed E-state index contributed by atoms with van der Waals surface area (Å²) in [6.45, 7) is 1.09. The second-order valence-electron chi connectivity index (χ2n) is 7.48. The largest absolute Gasteiger partial charge is 0.349 e. The number of amides is 1. The Hall–Kier alpha value is -1.40. The number of rotatable bonds is 4. The van der Waals surface area contributed by atoms with Gasteiger partial charge in [0, 0.05) is 19.1 Å². The van der Waals surface area contributed by atoms with Gasteiger partial charge in [0.15, 0.2) is 0 Å². The molecule has 144 valence electrons. The second-order valence-corrected chi connectivity index (χ2v) is 9.38. The van der Waals surface area contributed by atoms with Crippen LogP contribution in [0.2, 0.25) is 0 Å². The lowest BCUT2D eigenvalue weighted by Gasteiger charge is -2.27. The Kier molecular flexibility index (Phi) is 6.70. The first-order chi connectivity index (χ1) is 12.6. The minimum atomic E-state index is -3.62. The molecule has 1 aromatic rings. The molecule has 0 bridgehead atoms. The number of nitrogens with zero attached hydrogens (tertiary/aromatic N) is 1. The number of carbonyl (C=O) groups excluding carboxylic acids is 1. The maximum atomic E-state index is 13.1. The highest BCUT2D eigenvalue weighted by Crippen LogP contribution is 2.24. The molecular formula is C20H30N2O3S. The third kappa shape index (κ3) is 4.65. The smallest absolute Gasteiger partial charge is 0.252 e. The number of sulfonamides is 1. The molecule has 0 aromatic heterocycles. The molecule has 2 fully saturated rings. The number of hydrogen-bond donors (Lipinski definition) is 1. The van der Waals surface area contributed by atoms with Crippen molar-refractivity contribution in [1.29, 1.82) is 0 Å². The fourth-order valence-corrected chi connectivity index (χ4v) is 5.69. The summed E-state index contributed by atoms with van der Waals surface area (Å²) in [4.78, 5) is 13.0. The summed E-state index contributed by atoms with van der Waals surface area (Å²) in [5.74, 6) is -0.258. The molecule has 1 aromatic carbocycles. The Morgan fingerprint density at radius 1 is 0.885 bits per heavy atom.